The zero-order chi connectivity index (χ0) is 15.8. The molecule has 0 radical (unpaired) electrons. The van der Waals surface area contributed by atoms with Crippen LogP contribution in [0.25, 0.3) is 0 Å². The molecule has 114 valence electrons. The maximum atomic E-state index is 12.3. The number of aliphatic carboxylic acids is 1. The lowest BCUT2D eigenvalue weighted by atomic mass is 10.1. The van der Waals surface area contributed by atoms with Crippen LogP contribution in [-0.4, -0.2) is 23.6 Å². The molecule has 2 rings (SSSR count). The van der Waals surface area contributed by atoms with E-state index in [1.54, 1.807) is 32.0 Å². The highest BCUT2D eigenvalue weighted by atomic mass is 35.5. The Morgan fingerprint density at radius 1 is 1.38 bits per heavy atom. The Balaban J connectivity index is 2.17. The second-order valence-corrected chi connectivity index (χ2v) is 6.11. The van der Waals surface area contributed by atoms with Gasteiger partial charge in [-0.25, -0.2) is 0 Å². The van der Waals surface area contributed by atoms with Gasteiger partial charge in [0, 0.05) is 5.02 Å². The topological polar surface area (TPSA) is 75.6 Å². The summed E-state index contributed by atoms with van der Waals surface area (Å²) in [5.41, 5.74) is -0.0820. The highest BCUT2D eigenvalue weighted by Gasteiger charge is 2.65. The molecule has 0 bridgehead atoms. The van der Waals surface area contributed by atoms with Crippen LogP contribution in [0, 0.1) is 17.3 Å². The predicted octanol–water partition coefficient (Wildman–Crippen LogP) is 3.03. The van der Waals surface area contributed by atoms with Gasteiger partial charge in [0.05, 0.1) is 24.1 Å². The fourth-order valence-corrected chi connectivity index (χ4v) is 2.85. The minimum Gasteiger partial charge on any atom is -0.492 e. The average molecular weight is 312 g/mol. The first-order chi connectivity index (χ1) is 9.78. The first-order valence-electron chi connectivity index (χ1n) is 6.75. The summed E-state index contributed by atoms with van der Waals surface area (Å²) >= 11 is 5.93. The SMILES string of the molecule is CCOc1ccc(Cl)cc1NC(=O)[C@H]1[C@@H](C(=O)O)C1(C)C. The number of carbonyl (C=O) groups is 2. The lowest BCUT2D eigenvalue weighted by molar-refractivity contribution is -0.140. The van der Waals surface area contributed by atoms with E-state index < -0.39 is 23.2 Å². The quantitative estimate of drug-likeness (QED) is 0.876. The molecule has 0 saturated heterocycles. The number of benzene rings is 1. The molecule has 0 spiro atoms. The molecule has 1 amide bonds. The molecule has 5 nitrogen and oxygen atoms in total. The minimum absolute atomic E-state index is 0.324. The van der Waals surface area contributed by atoms with Gasteiger partial charge in [-0.05, 0) is 30.5 Å². The Hall–Kier alpha value is -1.75. The number of hydrogen-bond donors (Lipinski definition) is 2. The van der Waals surface area contributed by atoms with Crippen LogP contribution in [0.1, 0.15) is 20.8 Å². The van der Waals surface area contributed by atoms with Crippen LogP contribution in [0.15, 0.2) is 18.2 Å². The largest absolute Gasteiger partial charge is 0.492 e. The summed E-state index contributed by atoms with van der Waals surface area (Å²) < 4.78 is 5.43. The van der Waals surface area contributed by atoms with E-state index in [-0.39, 0.29) is 5.91 Å². The summed E-state index contributed by atoms with van der Waals surface area (Å²) in [7, 11) is 0. The molecule has 6 heteroatoms. The zero-order valence-corrected chi connectivity index (χ0v) is 12.9. The maximum absolute atomic E-state index is 12.3. The van der Waals surface area contributed by atoms with Crippen molar-refractivity contribution in [2.75, 3.05) is 11.9 Å². The van der Waals surface area contributed by atoms with Crippen LogP contribution in [0.5, 0.6) is 5.75 Å². The number of amides is 1. The molecule has 1 aromatic carbocycles. The average Bonchev–Trinajstić information content (AvgIpc) is 2.96. The minimum atomic E-state index is -0.948. The van der Waals surface area contributed by atoms with Crippen molar-refractivity contribution in [3.05, 3.63) is 23.2 Å². The van der Waals surface area contributed by atoms with E-state index in [0.717, 1.165) is 0 Å². The van der Waals surface area contributed by atoms with Crippen molar-refractivity contribution in [3.8, 4) is 5.75 Å². The highest BCUT2D eigenvalue weighted by molar-refractivity contribution is 6.31. The molecule has 1 aromatic rings. The first kappa shape index (κ1) is 15.6. The molecular formula is C15H18ClNO4. The smallest absolute Gasteiger partial charge is 0.307 e. The molecule has 21 heavy (non-hydrogen) atoms. The summed E-state index contributed by atoms with van der Waals surface area (Å²) in [4.78, 5) is 23.4. The Morgan fingerprint density at radius 3 is 2.57 bits per heavy atom. The summed E-state index contributed by atoms with van der Waals surface area (Å²) in [5, 5.41) is 12.3. The van der Waals surface area contributed by atoms with Crippen LogP contribution >= 0.6 is 11.6 Å². The number of carboxylic acids is 1. The maximum Gasteiger partial charge on any atom is 0.307 e. The summed E-state index contributed by atoms with van der Waals surface area (Å²) in [5.74, 6) is -1.97. The van der Waals surface area contributed by atoms with Gasteiger partial charge in [0.1, 0.15) is 5.75 Å². The number of ether oxygens (including phenoxy) is 1. The molecule has 1 fully saturated rings. The van der Waals surface area contributed by atoms with Gasteiger partial charge in [-0.3, -0.25) is 9.59 Å². The van der Waals surface area contributed by atoms with Gasteiger partial charge < -0.3 is 15.2 Å². The highest BCUT2D eigenvalue weighted by Crippen LogP contribution is 2.58. The molecule has 0 aliphatic heterocycles. The predicted molar refractivity (Wildman–Crippen MR) is 79.6 cm³/mol. The second-order valence-electron chi connectivity index (χ2n) is 5.68. The van der Waals surface area contributed by atoms with E-state index in [1.165, 1.54) is 0 Å². The number of carbonyl (C=O) groups excluding carboxylic acids is 1. The van der Waals surface area contributed by atoms with E-state index in [4.69, 9.17) is 21.4 Å². The Bertz CT molecular complexity index is 585. The Morgan fingerprint density at radius 2 is 2.05 bits per heavy atom. The fraction of sp³-hybridized carbons (Fsp3) is 0.467. The van der Waals surface area contributed by atoms with E-state index in [9.17, 15) is 9.59 Å². The first-order valence-corrected chi connectivity index (χ1v) is 7.12. The molecule has 0 heterocycles. The van der Waals surface area contributed by atoms with Gasteiger partial charge in [0.2, 0.25) is 5.91 Å². The molecule has 2 N–H and O–H groups in total. The van der Waals surface area contributed by atoms with Crippen LogP contribution in [0.2, 0.25) is 5.02 Å². The van der Waals surface area contributed by atoms with Crippen LogP contribution in [-0.2, 0) is 9.59 Å². The third-order valence-electron chi connectivity index (χ3n) is 3.88. The standard InChI is InChI=1S/C15H18ClNO4/c1-4-21-10-6-5-8(16)7-9(10)17-13(18)11-12(14(19)20)15(11,2)3/h5-7,11-12H,4H2,1-3H3,(H,17,18)(H,19,20)/t11-,12+/m1/s1. The van der Waals surface area contributed by atoms with Crippen LogP contribution < -0.4 is 10.1 Å². The number of anilines is 1. The fourth-order valence-electron chi connectivity index (χ4n) is 2.68. The van der Waals surface area contributed by atoms with Crippen molar-refractivity contribution in [2.45, 2.75) is 20.8 Å². The van der Waals surface area contributed by atoms with Gasteiger partial charge in [-0.2, -0.15) is 0 Å². The second kappa shape index (κ2) is 5.56. The summed E-state index contributed by atoms with van der Waals surface area (Å²) in [6, 6.07) is 4.94. The van der Waals surface area contributed by atoms with Gasteiger partial charge in [-0.15, -0.1) is 0 Å². The van der Waals surface area contributed by atoms with Crippen molar-refractivity contribution in [3.63, 3.8) is 0 Å². The van der Waals surface area contributed by atoms with Gasteiger partial charge in [-0.1, -0.05) is 25.4 Å². The number of halogens is 1. The molecule has 2 atom stereocenters. The Kier molecular flexibility index (Phi) is 4.14. The molecule has 1 saturated carbocycles. The lowest BCUT2D eigenvalue weighted by Gasteiger charge is -2.12. The number of rotatable bonds is 5. The van der Waals surface area contributed by atoms with Crippen molar-refractivity contribution in [1.82, 2.24) is 0 Å². The molecule has 1 aliphatic carbocycles. The van der Waals surface area contributed by atoms with E-state index in [1.807, 2.05) is 6.92 Å². The van der Waals surface area contributed by atoms with Crippen molar-refractivity contribution in [2.24, 2.45) is 17.3 Å². The number of carboxylic acid groups (broad SMARTS) is 1. The van der Waals surface area contributed by atoms with Crippen molar-refractivity contribution >= 4 is 29.2 Å². The van der Waals surface area contributed by atoms with Gasteiger partial charge in [0.15, 0.2) is 0 Å². The monoisotopic (exact) mass is 311 g/mol. The summed E-state index contributed by atoms with van der Waals surface area (Å²) in [6.45, 7) is 5.84. The number of nitrogens with one attached hydrogen (secondary N) is 1. The normalized spacial score (nSPS) is 22.5. The third kappa shape index (κ3) is 2.97. The van der Waals surface area contributed by atoms with Crippen LogP contribution in [0.4, 0.5) is 5.69 Å². The summed E-state index contributed by atoms with van der Waals surface area (Å²) in [6.07, 6.45) is 0. The van der Waals surface area contributed by atoms with Gasteiger partial charge in [0.25, 0.3) is 0 Å². The van der Waals surface area contributed by atoms with Crippen LogP contribution in [0.3, 0.4) is 0 Å². The van der Waals surface area contributed by atoms with Crippen molar-refractivity contribution in [1.29, 1.82) is 0 Å². The third-order valence-corrected chi connectivity index (χ3v) is 4.11. The molecular weight excluding hydrogens is 294 g/mol. The van der Waals surface area contributed by atoms with E-state index >= 15 is 0 Å². The van der Waals surface area contributed by atoms with E-state index in [2.05, 4.69) is 5.32 Å². The molecule has 0 aromatic heterocycles. The number of hydrogen-bond acceptors (Lipinski definition) is 3. The van der Waals surface area contributed by atoms with Gasteiger partial charge >= 0.3 is 5.97 Å². The molecule has 0 unspecified atom stereocenters. The van der Waals surface area contributed by atoms with Crippen molar-refractivity contribution < 1.29 is 19.4 Å². The molecule has 1 aliphatic rings. The lowest BCUT2D eigenvalue weighted by Crippen LogP contribution is -2.18. The van der Waals surface area contributed by atoms with E-state index in [0.29, 0.717) is 23.1 Å². The Labute approximate surface area is 128 Å². The zero-order valence-electron chi connectivity index (χ0n) is 12.1.